The molecule has 9 heteroatoms. The number of carbonyl (C=O) groups excluding carboxylic acids is 1. The number of morpholine rings is 1. The number of likely N-dealkylation sites (N-methyl/N-ethyl adjacent to an activating group) is 1. The maximum absolute atomic E-state index is 12.9. The van der Waals surface area contributed by atoms with Crippen molar-refractivity contribution < 1.29 is 14.3 Å². The summed E-state index contributed by atoms with van der Waals surface area (Å²) in [6, 6.07) is 7.84. The van der Waals surface area contributed by atoms with Crippen LogP contribution in [0.1, 0.15) is 15.2 Å². The largest absolute Gasteiger partial charge is 0.495 e. The second kappa shape index (κ2) is 9.49. The van der Waals surface area contributed by atoms with E-state index < -0.39 is 0 Å². The number of methoxy groups -OCH3 is 1. The molecule has 0 aliphatic carbocycles. The molecule has 1 aromatic carbocycles. The van der Waals surface area contributed by atoms with E-state index in [1.807, 2.05) is 38.2 Å². The van der Waals surface area contributed by atoms with E-state index >= 15 is 0 Å². The number of nitrogens with one attached hydrogen (secondary N) is 1. The first-order valence-electron chi connectivity index (χ1n) is 10.3. The number of carbonyl (C=O) groups is 1. The summed E-state index contributed by atoms with van der Waals surface area (Å²) in [6.07, 6.45) is 1.58. The van der Waals surface area contributed by atoms with Gasteiger partial charge in [0.25, 0.3) is 5.91 Å². The number of hydrogen-bond acceptors (Lipinski definition) is 8. The third-order valence-electron chi connectivity index (χ3n) is 5.45. The van der Waals surface area contributed by atoms with E-state index in [0.717, 1.165) is 46.1 Å². The number of ether oxygens (including phenoxy) is 2. The quantitative estimate of drug-likeness (QED) is 0.604. The van der Waals surface area contributed by atoms with Crippen LogP contribution in [0.3, 0.4) is 0 Å². The second-order valence-electron chi connectivity index (χ2n) is 7.38. The fraction of sp³-hybridized carbons (Fsp3) is 0.409. The van der Waals surface area contributed by atoms with Gasteiger partial charge in [0.1, 0.15) is 22.7 Å². The number of thiophene rings is 1. The van der Waals surface area contributed by atoms with Gasteiger partial charge in [-0.05, 0) is 24.6 Å². The molecule has 1 saturated heterocycles. The van der Waals surface area contributed by atoms with Gasteiger partial charge in [0.05, 0.1) is 36.3 Å². The average Bonchev–Trinajstić information content (AvgIpc) is 3.16. The molecule has 3 aromatic rings. The topological polar surface area (TPSA) is 79.8 Å². The molecule has 31 heavy (non-hydrogen) atoms. The molecular weight excluding hydrogens is 414 g/mol. The van der Waals surface area contributed by atoms with Gasteiger partial charge in [-0.2, -0.15) is 0 Å². The highest BCUT2D eigenvalue weighted by atomic mass is 32.1. The van der Waals surface area contributed by atoms with Crippen LogP contribution in [0.2, 0.25) is 0 Å². The Bertz CT molecular complexity index is 1060. The normalized spacial score (nSPS) is 14.0. The van der Waals surface area contributed by atoms with Crippen molar-refractivity contribution in [3.8, 4) is 5.75 Å². The first-order chi connectivity index (χ1) is 15.1. The lowest BCUT2D eigenvalue weighted by Crippen LogP contribution is -2.37. The third kappa shape index (κ3) is 4.42. The minimum atomic E-state index is -0.0816. The number of benzene rings is 1. The number of rotatable bonds is 7. The Morgan fingerprint density at radius 2 is 2.06 bits per heavy atom. The predicted molar refractivity (Wildman–Crippen MR) is 124 cm³/mol. The first kappa shape index (κ1) is 21.3. The molecule has 0 bridgehead atoms. The van der Waals surface area contributed by atoms with E-state index in [0.29, 0.717) is 31.2 Å². The molecule has 0 saturated carbocycles. The van der Waals surface area contributed by atoms with Crippen LogP contribution in [0, 0.1) is 6.92 Å². The van der Waals surface area contributed by atoms with Crippen LogP contribution in [0.5, 0.6) is 5.75 Å². The zero-order valence-corrected chi connectivity index (χ0v) is 18.9. The standard InChI is InChI=1S/C22H27N5O3S/c1-15-18-20(27-10-12-30-13-11-27)24-14-25-22(18)31-19(15)21(28)23-8-9-26(2)16-6-4-5-7-17(16)29-3/h4-7,14H,8-13H2,1-3H3,(H,23,28). The first-order valence-corrected chi connectivity index (χ1v) is 11.1. The number of anilines is 2. The van der Waals surface area contributed by atoms with Crippen molar-refractivity contribution in [3.63, 3.8) is 0 Å². The van der Waals surface area contributed by atoms with Gasteiger partial charge in [0.15, 0.2) is 0 Å². The van der Waals surface area contributed by atoms with E-state index in [9.17, 15) is 4.79 Å². The Kier molecular flexibility index (Phi) is 6.53. The summed E-state index contributed by atoms with van der Waals surface area (Å²) in [5.41, 5.74) is 1.92. The van der Waals surface area contributed by atoms with Gasteiger partial charge in [-0.25, -0.2) is 9.97 Å². The van der Waals surface area contributed by atoms with Gasteiger partial charge in [-0.3, -0.25) is 4.79 Å². The molecule has 1 aliphatic heterocycles. The Balaban J connectivity index is 1.46. The van der Waals surface area contributed by atoms with Crippen molar-refractivity contribution in [1.29, 1.82) is 0 Å². The highest BCUT2D eigenvalue weighted by Gasteiger charge is 2.23. The van der Waals surface area contributed by atoms with Gasteiger partial charge < -0.3 is 24.6 Å². The second-order valence-corrected chi connectivity index (χ2v) is 8.38. The molecule has 8 nitrogen and oxygen atoms in total. The molecule has 4 rings (SSSR count). The summed E-state index contributed by atoms with van der Waals surface area (Å²) in [5, 5.41) is 4.01. The van der Waals surface area contributed by atoms with E-state index in [-0.39, 0.29) is 5.91 Å². The number of nitrogens with zero attached hydrogens (tertiary/aromatic N) is 4. The molecule has 0 unspecified atom stereocenters. The highest BCUT2D eigenvalue weighted by Crippen LogP contribution is 2.35. The molecular formula is C22H27N5O3S. The van der Waals surface area contributed by atoms with Crippen LogP contribution < -0.4 is 19.9 Å². The van der Waals surface area contributed by atoms with Crippen LogP contribution in [0.25, 0.3) is 10.2 Å². The van der Waals surface area contributed by atoms with Crippen LogP contribution >= 0.6 is 11.3 Å². The molecule has 0 radical (unpaired) electrons. The van der Waals surface area contributed by atoms with Crippen molar-refractivity contribution >= 4 is 39.0 Å². The van der Waals surface area contributed by atoms with Crippen LogP contribution in [0.15, 0.2) is 30.6 Å². The third-order valence-corrected chi connectivity index (χ3v) is 6.65. The van der Waals surface area contributed by atoms with Crippen molar-refractivity contribution in [2.75, 3.05) is 63.4 Å². The predicted octanol–water partition coefficient (Wildman–Crippen LogP) is 2.71. The van der Waals surface area contributed by atoms with E-state index in [1.54, 1.807) is 13.4 Å². The minimum absolute atomic E-state index is 0.0816. The number of aryl methyl sites for hydroxylation is 1. The van der Waals surface area contributed by atoms with E-state index in [2.05, 4.69) is 25.1 Å². The summed E-state index contributed by atoms with van der Waals surface area (Å²) < 4.78 is 10.9. The maximum Gasteiger partial charge on any atom is 0.261 e. The van der Waals surface area contributed by atoms with Crippen molar-refractivity contribution in [2.24, 2.45) is 0 Å². The average molecular weight is 442 g/mol. The Labute approximate surface area is 185 Å². The summed E-state index contributed by atoms with van der Waals surface area (Å²) in [4.78, 5) is 27.7. The van der Waals surface area contributed by atoms with Gasteiger partial charge in [0, 0.05) is 33.2 Å². The number of aromatic nitrogens is 2. The number of hydrogen-bond donors (Lipinski definition) is 1. The Hall–Kier alpha value is -2.91. The smallest absolute Gasteiger partial charge is 0.261 e. The van der Waals surface area contributed by atoms with Crippen LogP contribution in [0.4, 0.5) is 11.5 Å². The minimum Gasteiger partial charge on any atom is -0.495 e. The maximum atomic E-state index is 12.9. The molecule has 1 fully saturated rings. The molecule has 0 atom stereocenters. The fourth-order valence-corrected chi connectivity index (χ4v) is 4.83. The zero-order chi connectivity index (χ0) is 21.8. The summed E-state index contributed by atoms with van der Waals surface area (Å²) in [6.45, 7) is 6.10. The van der Waals surface area contributed by atoms with Gasteiger partial charge in [0.2, 0.25) is 0 Å². The highest BCUT2D eigenvalue weighted by molar-refractivity contribution is 7.20. The van der Waals surface area contributed by atoms with Crippen molar-refractivity contribution in [2.45, 2.75) is 6.92 Å². The number of para-hydroxylation sites is 2. The Morgan fingerprint density at radius 1 is 1.29 bits per heavy atom. The Morgan fingerprint density at radius 3 is 2.84 bits per heavy atom. The lowest BCUT2D eigenvalue weighted by atomic mass is 10.2. The van der Waals surface area contributed by atoms with Crippen molar-refractivity contribution in [3.05, 3.63) is 41.0 Å². The SMILES string of the molecule is COc1ccccc1N(C)CCNC(=O)c1sc2ncnc(N3CCOCC3)c2c1C. The lowest BCUT2D eigenvalue weighted by Gasteiger charge is -2.28. The zero-order valence-electron chi connectivity index (χ0n) is 18.1. The van der Waals surface area contributed by atoms with Crippen LogP contribution in [-0.2, 0) is 4.74 Å². The molecule has 3 heterocycles. The van der Waals surface area contributed by atoms with Crippen molar-refractivity contribution in [1.82, 2.24) is 15.3 Å². The van der Waals surface area contributed by atoms with Gasteiger partial charge >= 0.3 is 0 Å². The summed E-state index contributed by atoms with van der Waals surface area (Å²) >= 11 is 1.42. The van der Waals surface area contributed by atoms with Crippen LogP contribution in [-0.4, -0.2) is 69.4 Å². The van der Waals surface area contributed by atoms with E-state index in [1.165, 1.54) is 11.3 Å². The van der Waals surface area contributed by atoms with Gasteiger partial charge in [-0.1, -0.05) is 12.1 Å². The molecule has 2 aromatic heterocycles. The molecule has 1 aliphatic rings. The number of fused-ring (bicyclic) bond motifs is 1. The van der Waals surface area contributed by atoms with Gasteiger partial charge in [-0.15, -0.1) is 11.3 Å². The summed E-state index contributed by atoms with van der Waals surface area (Å²) in [7, 11) is 3.64. The molecule has 164 valence electrons. The number of amides is 1. The molecule has 1 amide bonds. The van der Waals surface area contributed by atoms with E-state index in [4.69, 9.17) is 9.47 Å². The fourth-order valence-electron chi connectivity index (χ4n) is 3.77. The lowest BCUT2D eigenvalue weighted by molar-refractivity contribution is 0.0958. The molecule has 0 spiro atoms. The monoisotopic (exact) mass is 441 g/mol. The summed E-state index contributed by atoms with van der Waals surface area (Å²) in [5.74, 6) is 1.62. The molecule has 1 N–H and O–H groups in total.